The van der Waals surface area contributed by atoms with Crippen LogP contribution in [0.4, 0.5) is 5.69 Å². The summed E-state index contributed by atoms with van der Waals surface area (Å²) in [6.45, 7) is 7.25. The summed E-state index contributed by atoms with van der Waals surface area (Å²) < 4.78 is 0. The number of hydrogen-bond donors (Lipinski definition) is 2. The van der Waals surface area contributed by atoms with Crippen molar-refractivity contribution >= 4 is 5.69 Å². The van der Waals surface area contributed by atoms with Crippen LogP contribution in [-0.4, -0.2) is 30.8 Å². The van der Waals surface area contributed by atoms with Gasteiger partial charge in [-0.15, -0.1) is 0 Å². The van der Waals surface area contributed by atoms with Gasteiger partial charge in [-0.1, -0.05) is 17.7 Å². The summed E-state index contributed by atoms with van der Waals surface area (Å²) in [5.74, 6) is 0. The zero-order valence-corrected chi connectivity index (χ0v) is 12.7. The highest BCUT2D eigenvalue weighted by Gasteiger charge is 2.16. The molecule has 0 fully saturated rings. The van der Waals surface area contributed by atoms with Gasteiger partial charge in [0.1, 0.15) is 0 Å². The molecule has 0 radical (unpaired) electrons. The number of aryl methyl sites for hydroxylation is 2. The first-order chi connectivity index (χ1) is 8.85. The van der Waals surface area contributed by atoms with Gasteiger partial charge in [-0.05, 0) is 51.7 Å². The Balaban J connectivity index is 2.41. The first-order valence-electron chi connectivity index (χ1n) is 7.04. The van der Waals surface area contributed by atoms with E-state index in [2.05, 4.69) is 44.0 Å². The lowest BCUT2D eigenvalue weighted by Gasteiger charge is -2.24. The zero-order chi connectivity index (χ0) is 14.5. The van der Waals surface area contributed by atoms with Crippen LogP contribution in [-0.2, 0) is 0 Å². The van der Waals surface area contributed by atoms with Crippen molar-refractivity contribution in [2.24, 2.45) is 5.73 Å². The monoisotopic (exact) mass is 264 g/mol. The highest BCUT2D eigenvalue weighted by Crippen LogP contribution is 2.20. The fourth-order valence-corrected chi connectivity index (χ4v) is 2.31. The van der Waals surface area contributed by atoms with E-state index in [0.717, 1.165) is 25.8 Å². The molecule has 0 saturated heterocycles. The van der Waals surface area contributed by atoms with E-state index >= 15 is 0 Å². The first kappa shape index (κ1) is 16.0. The lowest BCUT2D eigenvalue weighted by Crippen LogP contribution is -2.40. The number of aliphatic hydroxyl groups excluding tert-OH is 1. The van der Waals surface area contributed by atoms with Crippen LogP contribution in [0.3, 0.4) is 0 Å². The third kappa shape index (κ3) is 5.21. The largest absolute Gasteiger partial charge is 0.394 e. The van der Waals surface area contributed by atoms with Gasteiger partial charge >= 0.3 is 0 Å². The Hall–Kier alpha value is -1.06. The van der Waals surface area contributed by atoms with Crippen LogP contribution in [0.15, 0.2) is 18.2 Å². The van der Waals surface area contributed by atoms with E-state index in [9.17, 15) is 0 Å². The standard InChI is InChI=1S/C16H28N2O/c1-13-7-8-15(14(2)11-13)18(4)10-6-5-9-16(3,17)12-19/h7-8,11,19H,5-6,9-10,12,17H2,1-4H3. The maximum atomic E-state index is 9.11. The Labute approximate surface area is 117 Å². The van der Waals surface area contributed by atoms with Gasteiger partial charge in [-0.3, -0.25) is 0 Å². The maximum Gasteiger partial charge on any atom is 0.0608 e. The molecule has 0 saturated carbocycles. The molecule has 0 aliphatic heterocycles. The van der Waals surface area contributed by atoms with E-state index in [1.807, 2.05) is 6.92 Å². The molecule has 0 aliphatic carbocycles. The SMILES string of the molecule is Cc1ccc(N(C)CCCCC(C)(N)CO)c(C)c1. The van der Waals surface area contributed by atoms with Crippen molar-refractivity contribution in [2.75, 3.05) is 25.1 Å². The molecule has 1 rings (SSSR count). The molecule has 0 aliphatic rings. The van der Waals surface area contributed by atoms with Crippen molar-refractivity contribution in [1.29, 1.82) is 0 Å². The Kier molecular flexibility index (Phi) is 5.83. The van der Waals surface area contributed by atoms with Gasteiger partial charge in [0.05, 0.1) is 6.61 Å². The van der Waals surface area contributed by atoms with Crippen LogP contribution >= 0.6 is 0 Å². The van der Waals surface area contributed by atoms with Gasteiger partial charge in [-0.25, -0.2) is 0 Å². The van der Waals surface area contributed by atoms with E-state index in [0.29, 0.717) is 0 Å². The summed E-state index contributed by atoms with van der Waals surface area (Å²) in [6, 6.07) is 6.56. The van der Waals surface area contributed by atoms with Crippen molar-refractivity contribution in [3.05, 3.63) is 29.3 Å². The second kappa shape index (κ2) is 6.92. The molecule has 108 valence electrons. The number of anilines is 1. The number of nitrogens with two attached hydrogens (primary N) is 1. The number of hydrogen-bond acceptors (Lipinski definition) is 3. The number of benzene rings is 1. The zero-order valence-electron chi connectivity index (χ0n) is 12.7. The molecule has 1 atom stereocenters. The van der Waals surface area contributed by atoms with Crippen LogP contribution in [0.25, 0.3) is 0 Å². The van der Waals surface area contributed by atoms with Crippen LogP contribution in [0.1, 0.15) is 37.3 Å². The number of nitrogens with zero attached hydrogens (tertiary/aromatic N) is 1. The molecule has 0 spiro atoms. The molecule has 0 aromatic heterocycles. The Morgan fingerprint density at radius 3 is 2.53 bits per heavy atom. The van der Waals surface area contributed by atoms with Gasteiger partial charge in [0.25, 0.3) is 0 Å². The van der Waals surface area contributed by atoms with Crippen molar-refractivity contribution in [1.82, 2.24) is 0 Å². The minimum atomic E-state index is -0.432. The highest BCUT2D eigenvalue weighted by atomic mass is 16.3. The topological polar surface area (TPSA) is 49.5 Å². The quantitative estimate of drug-likeness (QED) is 0.744. The number of rotatable bonds is 7. The lowest BCUT2D eigenvalue weighted by atomic mass is 9.97. The fourth-order valence-electron chi connectivity index (χ4n) is 2.31. The second-order valence-corrected chi connectivity index (χ2v) is 5.98. The third-order valence-corrected chi connectivity index (χ3v) is 3.62. The molecule has 1 unspecified atom stereocenters. The molecule has 1 aromatic rings. The third-order valence-electron chi connectivity index (χ3n) is 3.62. The highest BCUT2D eigenvalue weighted by molar-refractivity contribution is 5.53. The van der Waals surface area contributed by atoms with Gasteiger partial charge in [0.15, 0.2) is 0 Å². The summed E-state index contributed by atoms with van der Waals surface area (Å²) >= 11 is 0. The molecule has 0 amide bonds. The second-order valence-electron chi connectivity index (χ2n) is 5.98. The van der Waals surface area contributed by atoms with E-state index < -0.39 is 5.54 Å². The molecule has 3 heteroatoms. The van der Waals surface area contributed by atoms with Gasteiger partial charge in [0, 0.05) is 24.8 Å². The summed E-state index contributed by atoms with van der Waals surface area (Å²) in [7, 11) is 2.13. The van der Waals surface area contributed by atoms with Crippen LogP contribution in [0, 0.1) is 13.8 Å². The molecule has 3 nitrogen and oxygen atoms in total. The van der Waals surface area contributed by atoms with E-state index in [4.69, 9.17) is 10.8 Å². The molecule has 3 N–H and O–H groups in total. The van der Waals surface area contributed by atoms with Crippen molar-refractivity contribution in [2.45, 2.75) is 45.6 Å². The molecular formula is C16H28N2O. The summed E-state index contributed by atoms with van der Waals surface area (Å²) in [4.78, 5) is 2.29. The molecular weight excluding hydrogens is 236 g/mol. The normalized spacial score (nSPS) is 14.2. The molecule has 1 aromatic carbocycles. The summed E-state index contributed by atoms with van der Waals surface area (Å²) in [6.07, 6.45) is 3.00. The van der Waals surface area contributed by atoms with Gasteiger partial charge in [-0.2, -0.15) is 0 Å². The predicted octanol–water partition coefficient (Wildman–Crippen LogP) is 2.62. The Morgan fingerprint density at radius 2 is 1.95 bits per heavy atom. The van der Waals surface area contributed by atoms with E-state index in [1.165, 1.54) is 16.8 Å². The van der Waals surface area contributed by atoms with Crippen molar-refractivity contribution in [3.8, 4) is 0 Å². The molecule has 0 bridgehead atoms. The van der Waals surface area contributed by atoms with Crippen molar-refractivity contribution < 1.29 is 5.11 Å². The first-order valence-corrected chi connectivity index (χ1v) is 7.04. The Morgan fingerprint density at radius 1 is 1.26 bits per heavy atom. The van der Waals surface area contributed by atoms with Crippen LogP contribution in [0.5, 0.6) is 0 Å². The average molecular weight is 264 g/mol. The number of unbranched alkanes of at least 4 members (excludes halogenated alkanes) is 1. The maximum absolute atomic E-state index is 9.11. The molecule has 19 heavy (non-hydrogen) atoms. The van der Waals surface area contributed by atoms with E-state index in [-0.39, 0.29) is 6.61 Å². The summed E-state index contributed by atoms with van der Waals surface area (Å²) in [5, 5.41) is 9.11. The number of aliphatic hydroxyl groups is 1. The summed E-state index contributed by atoms with van der Waals surface area (Å²) in [5.41, 5.74) is 9.41. The van der Waals surface area contributed by atoms with E-state index in [1.54, 1.807) is 0 Å². The smallest absolute Gasteiger partial charge is 0.0608 e. The fraction of sp³-hybridized carbons (Fsp3) is 0.625. The van der Waals surface area contributed by atoms with Gasteiger partial charge in [0.2, 0.25) is 0 Å². The Bertz CT molecular complexity index is 402. The van der Waals surface area contributed by atoms with Gasteiger partial charge < -0.3 is 15.7 Å². The van der Waals surface area contributed by atoms with Crippen LogP contribution in [0.2, 0.25) is 0 Å². The minimum Gasteiger partial charge on any atom is -0.394 e. The lowest BCUT2D eigenvalue weighted by molar-refractivity contribution is 0.197. The predicted molar refractivity (Wildman–Crippen MR) is 82.7 cm³/mol. The minimum absolute atomic E-state index is 0.0555. The molecule has 0 heterocycles. The average Bonchev–Trinajstić information content (AvgIpc) is 2.34. The van der Waals surface area contributed by atoms with Crippen molar-refractivity contribution in [3.63, 3.8) is 0 Å². The van der Waals surface area contributed by atoms with Crippen LogP contribution < -0.4 is 10.6 Å².